The van der Waals surface area contributed by atoms with Crippen molar-refractivity contribution < 1.29 is 14.4 Å². The van der Waals surface area contributed by atoms with Gasteiger partial charge in [0.05, 0.1) is 11.1 Å². The van der Waals surface area contributed by atoms with E-state index in [-0.39, 0.29) is 17.6 Å². The molecule has 0 unspecified atom stereocenters. The maximum atomic E-state index is 13.3. The number of benzene rings is 2. The van der Waals surface area contributed by atoms with E-state index in [4.69, 9.17) is 0 Å². The second kappa shape index (κ2) is 15.8. The average molecular weight is 521 g/mol. The molecule has 3 rings (SSSR count). The Morgan fingerprint density at radius 1 is 0.632 bits per heavy atom. The Morgan fingerprint density at radius 3 is 1.71 bits per heavy atom. The molecule has 0 radical (unpaired) electrons. The van der Waals surface area contributed by atoms with Crippen molar-refractivity contribution >= 4 is 29.0 Å². The van der Waals surface area contributed by atoms with Gasteiger partial charge in [-0.1, -0.05) is 89.0 Å². The molecule has 0 bridgehead atoms. The Morgan fingerprint density at radius 2 is 1.13 bits per heavy atom. The summed E-state index contributed by atoms with van der Waals surface area (Å²) in [5.74, 6) is -0.303. The molecule has 0 heterocycles. The lowest BCUT2D eigenvalue weighted by Crippen LogP contribution is -2.37. The van der Waals surface area contributed by atoms with Crippen LogP contribution in [0, 0.1) is 0 Å². The van der Waals surface area contributed by atoms with E-state index in [0.29, 0.717) is 59.7 Å². The summed E-state index contributed by atoms with van der Waals surface area (Å²) in [4.78, 5) is 38.5. The fourth-order valence-electron chi connectivity index (χ4n) is 4.97. The van der Waals surface area contributed by atoms with Crippen molar-refractivity contribution in [2.75, 3.05) is 37.3 Å². The van der Waals surface area contributed by atoms with Gasteiger partial charge < -0.3 is 21.3 Å². The summed E-state index contributed by atoms with van der Waals surface area (Å²) in [6.07, 6.45) is 13.4. The van der Waals surface area contributed by atoms with Crippen molar-refractivity contribution in [2.45, 2.75) is 77.6 Å². The fraction of sp³-hybridized carbons (Fsp3) is 0.516. The highest BCUT2D eigenvalue weighted by Gasteiger charge is 2.33. The molecule has 0 saturated carbocycles. The zero-order chi connectivity index (χ0) is 27.2. The molecule has 7 nitrogen and oxygen atoms in total. The van der Waals surface area contributed by atoms with Crippen LogP contribution in [0.3, 0.4) is 0 Å². The minimum Gasteiger partial charge on any atom is -0.388 e. The van der Waals surface area contributed by atoms with E-state index in [1.165, 1.54) is 51.4 Å². The Kier molecular flexibility index (Phi) is 12.1. The largest absolute Gasteiger partial charge is 0.388 e. The zero-order valence-electron chi connectivity index (χ0n) is 23.1. The van der Waals surface area contributed by atoms with Crippen molar-refractivity contribution in [3.8, 4) is 0 Å². The smallest absolute Gasteiger partial charge is 0.314 e. The molecule has 0 saturated heterocycles. The van der Waals surface area contributed by atoms with Crippen molar-refractivity contribution in [2.24, 2.45) is 0 Å². The summed E-state index contributed by atoms with van der Waals surface area (Å²) in [5, 5.41) is 12.2. The maximum absolute atomic E-state index is 13.3. The second-order valence-electron chi connectivity index (χ2n) is 10.0. The number of urea groups is 1. The number of hydrogen-bond donors (Lipinski definition) is 4. The summed E-state index contributed by atoms with van der Waals surface area (Å²) in [5.41, 5.74) is 2.96. The molecular formula is C31H44N4O3. The Labute approximate surface area is 227 Å². The Bertz CT molecular complexity index is 1080. The lowest BCUT2D eigenvalue weighted by molar-refractivity contribution is 0.0980. The van der Waals surface area contributed by atoms with E-state index in [1.54, 1.807) is 31.3 Å². The highest BCUT2D eigenvalue weighted by Crippen LogP contribution is 2.36. The SMILES string of the molecule is CCCCCCCCCCCCNC(=O)NCCCNc1ccc(NC)c2c1C(=O)c1ccccc1C2=O. The first-order valence-corrected chi connectivity index (χ1v) is 14.4. The molecule has 2 amide bonds. The van der Waals surface area contributed by atoms with Gasteiger partial charge in [-0.25, -0.2) is 4.79 Å². The Hall–Kier alpha value is -3.35. The van der Waals surface area contributed by atoms with Gasteiger partial charge in [0.25, 0.3) is 0 Å². The molecule has 0 atom stereocenters. The zero-order valence-corrected chi connectivity index (χ0v) is 23.1. The molecule has 38 heavy (non-hydrogen) atoms. The third-order valence-electron chi connectivity index (χ3n) is 7.12. The van der Waals surface area contributed by atoms with Gasteiger partial charge in [-0.2, -0.15) is 0 Å². The summed E-state index contributed by atoms with van der Waals surface area (Å²) in [6.45, 7) is 4.02. The summed E-state index contributed by atoms with van der Waals surface area (Å²) in [6, 6.07) is 10.5. The molecule has 4 N–H and O–H groups in total. The van der Waals surface area contributed by atoms with Gasteiger partial charge in [-0.05, 0) is 25.0 Å². The summed E-state index contributed by atoms with van der Waals surface area (Å²) >= 11 is 0. The van der Waals surface area contributed by atoms with E-state index in [0.717, 1.165) is 12.8 Å². The van der Waals surface area contributed by atoms with Gasteiger partial charge in [0.1, 0.15) is 0 Å². The highest BCUT2D eigenvalue weighted by molar-refractivity contribution is 6.31. The van der Waals surface area contributed by atoms with E-state index in [2.05, 4.69) is 28.2 Å². The number of unbranched alkanes of at least 4 members (excludes halogenated alkanes) is 9. The molecular weight excluding hydrogens is 476 g/mol. The number of rotatable bonds is 17. The Balaban J connectivity index is 1.34. The van der Waals surface area contributed by atoms with E-state index in [1.807, 2.05) is 12.1 Å². The van der Waals surface area contributed by atoms with Gasteiger partial charge in [-0.3, -0.25) is 9.59 Å². The molecule has 2 aromatic rings. The van der Waals surface area contributed by atoms with Crippen LogP contribution in [0.25, 0.3) is 0 Å². The van der Waals surface area contributed by atoms with E-state index in [9.17, 15) is 14.4 Å². The molecule has 0 fully saturated rings. The van der Waals surface area contributed by atoms with Crippen LogP contribution in [-0.2, 0) is 0 Å². The third kappa shape index (κ3) is 8.07. The predicted molar refractivity (Wildman–Crippen MR) is 156 cm³/mol. The van der Waals surface area contributed by atoms with Crippen molar-refractivity contribution in [1.29, 1.82) is 0 Å². The number of hydrogen-bond acceptors (Lipinski definition) is 5. The second-order valence-corrected chi connectivity index (χ2v) is 10.0. The van der Waals surface area contributed by atoms with Crippen molar-refractivity contribution in [1.82, 2.24) is 10.6 Å². The summed E-state index contributed by atoms with van der Waals surface area (Å²) < 4.78 is 0. The van der Waals surface area contributed by atoms with Gasteiger partial charge in [0.2, 0.25) is 0 Å². The number of anilines is 2. The quantitative estimate of drug-likeness (QED) is 0.152. The fourth-order valence-corrected chi connectivity index (χ4v) is 4.97. The lowest BCUT2D eigenvalue weighted by Gasteiger charge is -2.23. The first kappa shape index (κ1) is 29.2. The topological polar surface area (TPSA) is 99.3 Å². The number of fused-ring (bicyclic) bond motifs is 2. The van der Waals surface area contributed by atoms with Crippen molar-refractivity contribution in [3.05, 3.63) is 58.7 Å². The molecule has 1 aliphatic carbocycles. The first-order valence-electron chi connectivity index (χ1n) is 14.4. The predicted octanol–water partition coefficient (Wildman–Crippen LogP) is 6.53. The molecule has 0 aliphatic heterocycles. The normalized spacial score (nSPS) is 12.1. The van der Waals surface area contributed by atoms with Gasteiger partial charge in [0.15, 0.2) is 11.6 Å². The molecule has 0 aromatic heterocycles. The van der Waals surface area contributed by atoms with Crippen LogP contribution in [0.1, 0.15) is 109 Å². The number of carbonyl (C=O) groups excluding carboxylic acids is 3. The van der Waals surface area contributed by atoms with Crippen molar-refractivity contribution in [3.63, 3.8) is 0 Å². The summed E-state index contributed by atoms with van der Waals surface area (Å²) in [7, 11) is 1.74. The van der Waals surface area contributed by atoms with Crippen LogP contribution < -0.4 is 21.3 Å². The molecule has 7 heteroatoms. The lowest BCUT2D eigenvalue weighted by atomic mass is 9.82. The van der Waals surface area contributed by atoms with Crippen LogP contribution >= 0.6 is 0 Å². The average Bonchev–Trinajstić information content (AvgIpc) is 2.94. The molecule has 0 spiro atoms. The minimum atomic E-state index is -0.153. The number of ketones is 2. The van der Waals surface area contributed by atoms with Crippen LogP contribution in [-0.4, -0.2) is 44.3 Å². The number of amides is 2. The highest BCUT2D eigenvalue weighted by atomic mass is 16.2. The van der Waals surface area contributed by atoms with Gasteiger partial charge in [0, 0.05) is 49.2 Å². The first-order chi connectivity index (χ1) is 18.6. The van der Waals surface area contributed by atoms with E-state index >= 15 is 0 Å². The van der Waals surface area contributed by atoms with E-state index < -0.39 is 0 Å². The standard InChI is InChI=1S/C31H44N4O3/c1-3-4-5-6-7-8-9-10-11-14-20-34-31(38)35-22-15-21-33-26-19-18-25(32-2)27-28(26)30(37)24-17-13-12-16-23(24)29(27)36/h12-13,16-19,32-33H,3-11,14-15,20-22H2,1-2H3,(H2,34,35,38). The molecule has 206 valence electrons. The molecule has 2 aromatic carbocycles. The van der Waals surface area contributed by atoms with Gasteiger partial charge >= 0.3 is 6.03 Å². The monoisotopic (exact) mass is 520 g/mol. The van der Waals surface area contributed by atoms with Crippen LogP contribution in [0.5, 0.6) is 0 Å². The maximum Gasteiger partial charge on any atom is 0.314 e. The number of nitrogens with one attached hydrogen (secondary N) is 4. The van der Waals surface area contributed by atoms with Crippen LogP contribution in [0.15, 0.2) is 36.4 Å². The van der Waals surface area contributed by atoms with Crippen LogP contribution in [0.4, 0.5) is 16.2 Å². The number of carbonyl (C=O) groups is 3. The minimum absolute atomic E-state index is 0.144. The third-order valence-corrected chi connectivity index (χ3v) is 7.12. The molecule has 1 aliphatic rings. The van der Waals surface area contributed by atoms with Crippen LogP contribution in [0.2, 0.25) is 0 Å². The van der Waals surface area contributed by atoms with Gasteiger partial charge in [-0.15, -0.1) is 0 Å².